The van der Waals surface area contributed by atoms with Gasteiger partial charge in [0.05, 0.1) is 84.3 Å². The second-order valence-corrected chi connectivity index (χ2v) is 35.9. The van der Waals surface area contributed by atoms with Crippen molar-refractivity contribution in [3.63, 3.8) is 0 Å². The van der Waals surface area contributed by atoms with Gasteiger partial charge < -0.3 is 284 Å². The highest BCUT2D eigenvalue weighted by Crippen LogP contribution is 2.44. The van der Waals surface area contributed by atoms with Crippen molar-refractivity contribution in [2.75, 3.05) is 66.1 Å². The second-order valence-electron chi connectivity index (χ2n) is 35.9. The molecule has 0 saturated carbocycles. The fourth-order valence-corrected chi connectivity index (χ4v) is 18.5. The smallest absolute Gasteiger partial charge is 0.364 e. The highest BCUT2D eigenvalue weighted by atomic mass is 16.8. The predicted octanol–water partition coefficient (Wildman–Crippen LogP) is -24.0. The first-order chi connectivity index (χ1) is 67.0. The van der Waals surface area contributed by atoms with E-state index in [1.807, 2.05) is 0 Å². The van der Waals surface area contributed by atoms with Crippen LogP contribution in [-0.2, 0) is 128 Å². The summed E-state index contributed by atoms with van der Waals surface area (Å²) in [5.74, 6) is -10.3. The third-order valence-electron chi connectivity index (χ3n) is 25.9. The maximum absolute atomic E-state index is 13.7. The number of carbonyl (C=O) groups excluding carboxylic acids is 5. The van der Waals surface area contributed by atoms with E-state index in [0.29, 0.717) is 0 Å². The first-order valence-electron chi connectivity index (χ1n) is 45.1. The highest BCUT2D eigenvalue weighted by molar-refractivity contribution is 5.77. The zero-order valence-corrected chi connectivity index (χ0v) is 76.4. The lowest BCUT2D eigenvalue weighted by molar-refractivity contribution is -0.401. The minimum absolute atomic E-state index is 0.813. The maximum atomic E-state index is 13.7. The predicted molar refractivity (Wildman–Crippen MR) is 436 cm³/mol. The number of carboxylic acid groups (broad SMARTS) is 1. The summed E-state index contributed by atoms with van der Waals surface area (Å²) in [6.45, 7) is -6.14. The Bertz CT molecular complexity index is 4010. The van der Waals surface area contributed by atoms with Crippen LogP contribution in [-0.4, -0.2) is 603 Å². The van der Waals surface area contributed by atoms with Gasteiger partial charge in [-0.25, -0.2) is 4.79 Å². The largest absolute Gasteiger partial charge is 0.477 e. The summed E-state index contributed by atoms with van der Waals surface area (Å²) in [4.78, 5) is 77.5. The number of aliphatic carboxylic acids is 1. The van der Waals surface area contributed by atoms with Crippen LogP contribution in [0.2, 0.25) is 0 Å². The van der Waals surface area contributed by atoms with Gasteiger partial charge in [-0.1, -0.05) is 0 Å². The van der Waals surface area contributed by atoms with Gasteiger partial charge in [0, 0.05) is 41.0 Å². The van der Waals surface area contributed by atoms with E-state index in [2.05, 4.69) is 26.6 Å². The lowest BCUT2D eigenvalue weighted by atomic mass is 9.88. The van der Waals surface area contributed by atoms with E-state index in [9.17, 15) is 187 Å². The lowest BCUT2D eigenvalue weighted by Gasteiger charge is -2.52. The second kappa shape index (κ2) is 50.6. The normalized spacial score (nSPS) is 48.0. The van der Waals surface area contributed by atoms with E-state index in [4.69, 9.17) is 99.5 Å². The molecule has 0 radical (unpaired) electrons. The van der Waals surface area contributed by atoms with E-state index in [-0.39, 0.29) is 0 Å². The average Bonchev–Trinajstić information content (AvgIpc) is 0.745. The molecule has 11 fully saturated rings. The number of carboxylic acids is 1. The monoisotopic (exact) mass is 2080 g/mol. The van der Waals surface area contributed by atoms with Crippen LogP contribution < -0.4 is 26.6 Å². The minimum atomic E-state index is -3.37. The van der Waals surface area contributed by atoms with Crippen LogP contribution in [0, 0.1) is 0 Å². The molecule has 5 amide bonds. The molecule has 36 N–H and O–H groups in total. The fraction of sp³-hybridized carbons (Fsp3) is 0.924. The van der Waals surface area contributed by atoms with E-state index in [1.54, 1.807) is 0 Å². The molecular weight excluding hydrogens is 1950 g/mol. The van der Waals surface area contributed by atoms with Crippen molar-refractivity contribution in [2.45, 2.75) is 391 Å². The first kappa shape index (κ1) is 117. The molecule has 0 aromatic rings. The number of aliphatic hydroxyl groups is 30. The Labute approximate surface area is 803 Å². The van der Waals surface area contributed by atoms with Crippen molar-refractivity contribution in [1.29, 1.82) is 0 Å². The molecule has 56 atom stereocenters. The van der Waals surface area contributed by atoms with Crippen molar-refractivity contribution in [1.82, 2.24) is 26.6 Å². The molecule has 0 aromatic heterocycles. The van der Waals surface area contributed by atoms with E-state index < -0.39 is 451 Å². The van der Waals surface area contributed by atoms with Crippen LogP contribution in [0.25, 0.3) is 0 Å². The first-order valence-corrected chi connectivity index (χ1v) is 45.1. The highest BCUT2D eigenvalue weighted by Gasteiger charge is 2.65. The molecule has 11 heterocycles. The lowest BCUT2D eigenvalue weighted by Crippen LogP contribution is -2.72. The molecule has 0 bridgehead atoms. The fourth-order valence-electron chi connectivity index (χ4n) is 18.5. The van der Waals surface area contributed by atoms with Crippen molar-refractivity contribution < 1.29 is 287 Å². The van der Waals surface area contributed by atoms with Crippen LogP contribution in [0.5, 0.6) is 0 Å². The Morgan fingerprint density at radius 1 is 0.303 bits per heavy atom. The van der Waals surface area contributed by atoms with Gasteiger partial charge in [-0.3, -0.25) is 24.0 Å². The van der Waals surface area contributed by atoms with E-state index in [0.717, 1.165) is 34.6 Å². The van der Waals surface area contributed by atoms with Crippen LogP contribution in [0.3, 0.4) is 0 Å². The molecule has 63 heteroatoms. The minimum Gasteiger partial charge on any atom is -0.477 e. The van der Waals surface area contributed by atoms with Crippen molar-refractivity contribution in [3.05, 3.63) is 0 Å². The summed E-state index contributed by atoms with van der Waals surface area (Å²) in [7, 11) is 0. The average molecular weight is 2080 g/mol. The SMILES string of the molecule is CC(=O)N[C@@H]1[C@@H](O)[C@H](O[C@@H]2O[C@H](CO)[C@@H](O[C@@H]3O[C@H](CO[C@H]4O[C@H](CO)[C@@H](O[C@@H]5O[C@H](CO)[C@@H](O[C@@H]6O[C@H](CO)[C@H](O)[C@H](O)[C@H]6O)[C@H](O)[C@H]5NC(C)=O)[C@H](O)[C@@H]4O)[C@@H](O)[C@H](O[C@H]4O[C@H](CO)[C@@H](O[C@@H]5O[C@H](CO)[C@@H](O[C@@H]6O[C@H](CO)[C@H](O)[C@H](O[C@]7(C(=O)O)C[C@H](O)[C@@H](NC(C)=O)[C@H]([C@H](O)[C@H](O)CO)O7)[C@H]6O)[C@H](O[C@@H]6O[C@@H](C)[C@@H](O)[C@@H](O)[C@@H]6O)[C@H]5NC(C)=O)[C@H](O)[C@@H]4O)[C@@H]3O)[C@H](O)[C@H]2NC(C)=O)[C@@H](CO)O[C@H]1O. The number of rotatable bonds is 38. The number of aliphatic hydroxyl groups excluding tert-OH is 30. The summed E-state index contributed by atoms with van der Waals surface area (Å²) >= 11 is 0. The number of hydrogen-bond donors (Lipinski definition) is 36. The molecule has 0 spiro atoms. The molecule has 11 rings (SSSR count). The summed E-state index contributed by atoms with van der Waals surface area (Å²) in [5, 5.41) is 361. The quantitative estimate of drug-likeness (QED) is 0.0273. The van der Waals surface area contributed by atoms with Crippen molar-refractivity contribution in [2.24, 2.45) is 0 Å². The molecule has 0 unspecified atom stereocenters. The van der Waals surface area contributed by atoms with Gasteiger partial charge in [0.15, 0.2) is 62.9 Å². The molecule has 11 saturated heterocycles. The third kappa shape index (κ3) is 25.6. The van der Waals surface area contributed by atoms with Crippen molar-refractivity contribution >= 4 is 35.5 Å². The molecule has 0 aliphatic carbocycles. The molecular formula is C79H131N5O58. The number of hydrogen-bond acceptors (Lipinski definition) is 57. The van der Waals surface area contributed by atoms with Gasteiger partial charge in [-0.15, -0.1) is 0 Å². The van der Waals surface area contributed by atoms with Crippen molar-refractivity contribution in [3.8, 4) is 0 Å². The van der Waals surface area contributed by atoms with E-state index >= 15 is 0 Å². The Morgan fingerprint density at radius 2 is 0.613 bits per heavy atom. The zero-order valence-electron chi connectivity index (χ0n) is 76.4. The molecule has 63 nitrogen and oxygen atoms in total. The Balaban J connectivity index is 0.880. The van der Waals surface area contributed by atoms with Gasteiger partial charge in [0.2, 0.25) is 29.5 Å². The Kier molecular flexibility index (Phi) is 41.7. The number of ether oxygens (including phenoxy) is 21. The number of carbonyl (C=O) groups is 6. The molecule has 0 aromatic carbocycles. The Hall–Kier alpha value is -5.22. The maximum Gasteiger partial charge on any atom is 0.364 e. The number of amides is 5. The van der Waals surface area contributed by atoms with Gasteiger partial charge in [0.1, 0.15) is 256 Å². The van der Waals surface area contributed by atoms with Gasteiger partial charge in [-0.05, 0) is 6.92 Å². The van der Waals surface area contributed by atoms with Crippen LogP contribution in [0.15, 0.2) is 0 Å². The topological polar surface area (TPSA) is 984 Å². The summed E-state index contributed by atoms with van der Waals surface area (Å²) in [6, 6.07) is -9.44. The standard InChI is InChI=1S/C79H131N5O58/c1-18-40(101)48(109)52(113)73(123-18)139-65-39(84-23(6)98)71(129-33(16-93)63(65)138-77-57(118)67(43(104)27(10-87)126-77)142-79(78(120)121)7-24(99)35(80-19(2)94)64(141-79)41(102)25(100)8-85)135-62-32(15-92)131-75(55(116)51(62)112)140-66-44(105)34(132-76(56(66)117)137-60-30(13-90)127-69(37(47(60)108)82-21(4)96)133-58-28(11-88)124-68(119)36(45(58)106)81-20(3)95)17-122-72-54(115)50(111)61(31(14-91)130-72)134-70-38(83-22(5)97)46(107)59(29(12-89)128-70)136-74-53(114)49(110)42(103)26(9-86)125-74/h18,24-77,85-93,99-119H,7-17H2,1-6H3,(H,80,94)(H,81,95)(H,82,96)(H,83,97)(H,84,98)(H,120,121)/t18-,24-,25+,26+,27+,28+,29+,30+,31+,32+,33+,34+,35+,36+,37+,38+,39+,40+,41+,42-,43-,44+,45+,46+,47+,48+,49-,50+,51+,52-,53+,54-,55-,56-,57+,58+,59+,60+,61+,62+,63+,64+,65+,66-,67-,68+,69-,70-,71-,72-,73-,74-,75+,76-,77-,79-/m0/s1. The van der Waals surface area contributed by atoms with Crippen LogP contribution >= 0.6 is 0 Å². The van der Waals surface area contributed by atoms with Gasteiger partial charge in [0.25, 0.3) is 5.79 Å². The van der Waals surface area contributed by atoms with E-state index in [1.165, 1.54) is 6.92 Å². The van der Waals surface area contributed by atoms with Gasteiger partial charge in [-0.2, -0.15) is 0 Å². The van der Waals surface area contributed by atoms with Crippen LogP contribution in [0.1, 0.15) is 48.0 Å². The zero-order chi connectivity index (χ0) is 105. The summed E-state index contributed by atoms with van der Waals surface area (Å²) in [5.41, 5.74) is 0. The third-order valence-corrected chi connectivity index (χ3v) is 25.9. The summed E-state index contributed by atoms with van der Waals surface area (Å²) in [6.07, 6.45) is -110. The van der Waals surface area contributed by atoms with Gasteiger partial charge >= 0.3 is 5.97 Å². The Morgan fingerprint density at radius 3 is 1.06 bits per heavy atom. The molecule has 11 aliphatic rings. The van der Waals surface area contributed by atoms with Crippen LogP contribution in [0.4, 0.5) is 0 Å². The number of nitrogens with one attached hydrogen (secondary N) is 5. The molecule has 142 heavy (non-hydrogen) atoms. The summed E-state index contributed by atoms with van der Waals surface area (Å²) < 4.78 is 125. The molecule has 11 aliphatic heterocycles. The molecule has 820 valence electrons.